The molecule has 1 atom stereocenters. The van der Waals surface area contributed by atoms with Crippen LogP contribution in [0.4, 0.5) is 0 Å². The summed E-state index contributed by atoms with van der Waals surface area (Å²) in [6, 6.07) is 0. The summed E-state index contributed by atoms with van der Waals surface area (Å²) in [5.74, 6) is -0.140. The minimum atomic E-state index is -0.140. The fourth-order valence-electron chi connectivity index (χ4n) is 1.98. The van der Waals surface area contributed by atoms with Crippen molar-refractivity contribution in [2.24, 2.45) is 0 Å². The number of unbranched alkanes of at least 4 members (excludes halogenated alkanes) is 4. The highest BCUT2D eigenvalue weighted by molar-refractivity contribution is 9.09. The van der Waals surface area contributed by atoms with Crippen molar-refractivity contribution in [1.82, 2.24) is 0 Å². The maximum absolute atomic E-state index is 11.6. The van der Waals surface area contributed by atoms with E-state index in [0.717, 1.165) is 31.2 Å². The third-order valence-corrected chi connectivity index (χ3v) is 3.74. The molecular weight excluding hydrogens is 332 g/mol. The second-order valence-electron chi connectivity index (χ2n) is 5.18. The molecule has 0 aromatic carbocycles. The lowest BCUT2D eigenvalue weighted by Crippen LogP contribution is -2.17. The number of allylic oxidation sites excluding steroid dienone is 1. The van der Waals surface area contributed by atoms with Crippen LogP contribution in [0, 0.1) is 0 Å². The summed E-state index contributed by atoms with van der Waals surface area (Å²) in [7, 11) is 0. The Labute approximate surface area is 138 Å². The number of carbonyl (C=O) groups is 1. The van der Waals surface area contributed by atoms with Gasteiger partial charge in [0.2, 0.25) is 0 Å². The van der Waals surface area contributed by atoms with Crippen LogP contribution in [-0.4, -0.2) is 30.6 Å². The lowest BCUT2D eigenvalue weighted by molar-refractivity contribution is -0.143. The van der Waals surface area contributed by atoms with E-state index in [2.05, 4.69) is 22.9 Å². The molecule has 0 spiro atoms. The lowest BCUT2D eigenvalue weighted by atomic mass is 10.1. The van der Waals surface area contributed by atoms with Crippen molar-refractivity contribution in [3.05, 3.63) is 12.2 Å². The normalized spacial score (nSPS) is 12.7. The summed E-state index contributed by atoms with van der Waals surface area (Å²) in [5.41, 5.74) is 0. The van der Waals surface area contributed by atoms with Crippen LogP contribution in [0.25, 0.3) is 0 Å². The zero-order valence-corrected chi connectivity index (χ0v) is 15.2. The van der Waals surface area contributed by atoms with Gasteiger partial charge >= 0.3 is 5.97 Å². The van der Waals surface area contributed by atoms with Crippen LogP contribution < -0.4 is 0 Å². The van der Waals surface area contributed by atoms with Gasteiger partial charge in [-0.3, -0.25) is 4.79 Å². The SMILES string of the molecule is CC=CCOC(=O)CCC(CCBr)OCCCCCCC. The smallest absolute Gasteiger partial charge is 0.306 e. The van der Waals surface area contributed by atoms with Gasteiger partial charge in [0.1, 0.15) is 6.61 Å². The maximum Gasteiger partial charge on any atom is 0.306 e. The molecule has 0 radical (unpaired) electrons. The van der Waals surface area contributed by atoms with Crippen molar-refractivity contribution in [2.45, 2.75) is 71.3 Å². The molecule has 124 valence electrons. The van der Waals surface area contributed by atoms with Crippen molar-refractivity contribution in [3.8, 4) is 0 Å². The summed E-state index contributed by atoms with van der Waals surface area (Å²) in [6.45, 7) is 5.30. The third kappa shape index (κ3) is 14.4. The molecule has 0 aliphatic rings. The van der Waals surface area contributed by atoms with E-state index in [1.807, 2.05) is 19.1 Å². The van der Waals surface area contributed by atoms with Gasteiger partial charge in [-0.15, -0.1) is 0 Å². The van der Waals surface area contributed by atoms with Crippen LogP contribution in [-0.2, 0) is 14.3 Å². The van der Waals surface area contributed by atoms with Crippen LogP contribution in [0.3, 0.4) is 0 Å². The monoisotopic (exact) mass is 362 g/mol. The molecule has 4 heteroatoms. The molecule has 0 saturated heterocycles. The van der Waals surface area contributed by atoms with Crippen molar-refractivity contribution >= 4 is 21.9 Å². The molecule has 0 bridgehead atoms. The Kier molecular flexibility index (Phi) is 15.8. The summed E-state index contributed by atoms with van der Waals surface area (Å²) in [5, 5.41) is 0.904. The van der Waals surface area contributed by atoms with E-state index in [-0.39, 0.29) is 12.1 Å². The molecule has 21 heavy (non-hydrogen) atoms. The van der Waals surface area contributed by atoms with Gasteiger partial charge in [-0.25, -0.2) is 0 Å². The topological polar surface area (TPSA) is 35.5 Å². The van der Waals surface area contributed by atoms with Crippen LogP contribution in [0.15, 0.2) is 12.2 Å². The standard InChI is InChI=1S/C17H31BrO3/c1-3-5-7-8-9-15-20-16(12-13-18)10-11-17(19)21-14-6-4-2/h4,6,16H,3,5,7-15H2,1-2H3. The average molecular weight is 363 g/mol. The number of esters is 1. The van der Waals surface area contributed by atoms with Crippen LogP contribution in [0.1, 0.15) is 65.2 Å². The Balaban J connectivity index is 3.72. The quantitative estimate of drug-likeness (QED) is 0.188. The van der Waals surface area contributed by atoms with Crippen molar-refractivity contribution < 1.29 is 14.3 Å². The zero-order chi connectivity index (χ0) is 15.8. The van der Waals surface area contributed by atoms with E-state index in [1.165, 1.54) is 25.7 Å². The highest BCUT2D eigenvalue weighted by Crippen LogP contribution is 2.11. The van der Waals surface area contributed by atoms with Crippen LogP contribution >= 0.6 is 15.9 Å². The molecule has 0 aromatic heterocycles. The fraction of sp³-hybridized carbons (Fsp3) is 0.824. The third-order valence-electron chi connectivity index (χ3n) is 3.28. The minimum Gasteiger partial charge on any atom is -0.461 e. The van der Waals surface area contributed by atoms with Gasteiger partial charge in [0.15, 0.2) is 0 Å². The predicted octanol–water partition coefficient (Wildman–Crippen LogP) is 5.03. The van der Waals surface area contributed by atoms with Gasteiger partial charge in [-0.1, -0.05) is 60.7 Å². The second kappa shape index (κ2) is 16.0. The number of alkyl halides is 1. The summed E-state index contributed by atoms with van der Waals surface area (Å²) >= 11 is 3.45. The van der Waals surface area contributed by atoms with Crippen molar-refractivity contribution in [2.75, 3.05) is 18.5 Å². The van der Waals surface area contributed by atoms with Crippen molar-refractivity contribution in [1.29, 1.82) is 0 Å². The first-order valence-electron chi connectivity index (χ1n) is 8.18. The molecule has 0 heterocycles. The van der Waals surface area contributed by atoms with Gasteiger partial charge in [0.05, 0.1) is 6.10 Å². The van der Waals surface area contributed by atoms with Gasteiger partial charge in [0.25, 0.3) is 0 Å². The maximum atomic E-state index is 11.6. The van der Waals surface area contributed by atoms with E-state index in [4.69, 9.17) is 9.47 Å². The first kappa shape index (κ1) is 20.6. The molecule has 0 amide bonds. The molecule has 0 aliphatic heterocycles. The fourth-order valence-corrected chi connectivity index (χ4v) is 2.49. The van der Waals surface area contributed by atoms with Gasteiger partial charge in [-0.2, -0.15) is 0 Å². The average Bonchev–Trinajstić information content (AvgIpc) is 2.48. The number of carbonyl (C=O) groups excluding carboxylic acids is 1. The second-order valence-corrected chi connectivity index (χ2v) is 5.97. The number of halogens is 1. The van der Waals surface area contributed by atoms with E-state index in [1.54, 1.807) is 0 Å². The van der Waals surface area contributed by atoms with Crippen LogP contribution in [0.2, 0.25) is 0 Å². The number of hydrogen-bond donors (Lipinski definition) is 0. The van der Waals surface area contributed by atoms with Gasteiger partial charge in [0, 0.05) is 18.4 Å². The molecule has 0 rings (SSSR count). The largest absolute Gasteiger partial charge is 0.461 e. The number of ether oxygens (including phenoxy) is 2. The summed E-state index contributed by atoms with van der Waals surface area (Å²) < 4.78 is 11.0. The predicted molar refractivity (Wildman–Crippen MR) is 91.9 cm³/mol. The van der Waals surface area contributed by atoms with Gasteiger partial charge < -0.3 is 9.47 Å². The molecule has 0 aliphatic carbocycles. The number of rotatable bonds is 14. The molecular formula is C17H31BrO3. The molecule has 0 fully saturated rings. The van der Waals surface area contributed by atoms with E-state index < -0.39 is 0 Å². The lowest BCUT2D eigenvalue weighted by Gasteiger charge is -2.16. The Morgan fingerprint density at radius 1 is 1.19 bits per heavy atom. The molecule has 3 nitrogen and oxygen atoms in total. The molecule has 0 N–H and O–H groups in total. The van der Waals surface area contributed by atoms with E-state index >= 15 is 0 Å². The highest BCUT2D eigenvalue weighted by Gasteiger charge is 2.12. The summed E-state index contributed by atoms with van der Waals surface area (Å²) in [6.07, 6.45) is 12.2. The van der Waals surface area contributed by atoms with Gasteiger partial charge in [-0.05, 0) is 26.2 Å². The Morgan fingerprint density at radius 3 is 2.62 bits per heavy atom. The minimum absolute atomic E-state index is 0.140. The Hall–Kier alpha value is -0.350. The van der Waals surface area contributed by atoms with Crippen molar-refractivity contribution in [3.63, 3.8) is 0 Å². The first-order valence-corrected chi connectivity index (χ1v) is 9.31. The van der Waals surface area contributed by atoms with E-state index in [9.17, 15) is 4.79 Å². The zero-order valence-electron chi connectivity index (χ0n) is 13.6. The number of hydrogen-bond acceptors (Lipinski definition) is 3. The van der Waals surface area contributed by atoms with E-state index in [0.29, 0.717) is 13.0 Å². The molecule has 0 saturated carbocycles. The van der Waals surface area contributed by atoms with Crippen LogP contribution in [0.5, 0.6) is 0 Å². The first-order chi connectivity index (χ1) is 10.2. The Morgan fingerprint density at radius 2 is 1.95 bits per heavy atom. The highest BCUT2D eigenvalue weighted by atomic mass is 79.9. The molecule has 0 aromatic rings. The summed E-state index contributed by atoms with van der Waals surface area (Å²) in [4.78, 5) is 11.6. The molecule has 1 unspecified atom stereocenters. The Bertz CT molecular complexity index is 267.